The Bertz CT molecular complexity index is 559. The number of benzene rings is 1. The number of phenols is 1. The smallest absolute Gasteiger partial charge is 0.339 e. The molecule has 4 heteroatoms. The third kappa shape index (κ3) is 2.10. The maximum atomic E-state index is 11.2. The summed E-state index contributed by atoms with van der Waals surface area (Å²) in [5.74, 6) is -1.47. The Labute approximate surface area is 118 Å². The Morgan fingerprint density at radius 2 is 1.74 bits per heavy atom. The fourth-order valence-corrected chi connectivity index (χ4v) is 3.34. The number of carboxylic acid groups (broad SMARTS) is 1. The number of rotatable bonds is 1. The molecule has 0 radical (unpaired) electrons. The van der Waals surface area contributed by atoms with Gasteiger partial charge in [-0.1, -0.05) is 39.3 Å². The molecule has 2 N–H and O–H groups in total. The molecule has 0 bridgehead atoms. The van der Waals surface area contributed by atoms with Crippen LogP contribution in [-0.2, 0) is 10.8 Å². The number of aromatic hydroxyl groups is 1. The van der Waals surface area contributed by atoms with Gasteiger partial charge in [0.05, 0.1) is 5.02 Å². The summed E-state index contributed by atoms with van der Waals surface area (Å²) < 4.78 is 0. The molecular formula is C15H19ClO3. The second-order valence-electron chi connectivity index (χ2n) is 6.58. The maximum absolute atomic E-state index is 11.2. The van der Waals surface area contributed by atoms with Crippen molar-refractivity contribution >= 4 is 17.6 Å². The zero-order chi connectivity index (χ0) is 14.6. The van der Waals surface area contributed by atoms with Gasteiger partial charge in [0.15, 0.2) is 0 Å². The average molecular weight is 283 g/mol. The lowest BCUT2D eigenvalue weighted by Gasteiger charge is -2.42. The minimum Gasteiger partial charge on any atom is -0.505 e. The first kappa shape index (κ1) is 14.2. The molecule has 0 amide bonds. The van der Waals surface area contributed by atoms with Crippen molar-refractivity contribution in [2.45, 2.75) is 51.4 Å². The maximum Gasteiger partial charge on any atom is 0.339 e. The number of carboxylic acids is 1. The van der Waals surface area contributed by atoms with Crippen molar-refractivity contribution in [2.24, 2.45) is 0 Å². The molecule has 104 valence electrons. The summed E-state index contributed by atoms with van der Waals surface area (Å²) in [7, 11) is 0. The van der Waals surface area contributed by atoms with E-state index in [1.165, 1.54) is 0 Å². The highest BCUT2D eigenvalue weighted by atomic mass is 35.5. The van der Waals surface area contributed by atoms with E-state index < -0.39 is 5.97 Å². The lowest BCUT2D eigenvalue weighted by atomic mass is 9.63. The van der Waals surface area contributed by atoms with Crippen LogP contribution in [0.25, 0.3) is 0 Å². The minimum atomic E-state index is -1.15. The molecule has 1 aliphatic carbocycles. The normalized spacial score (nSPS) is 19.8. The summed E-state index contributed by atoms with van der Waals surface area (Å²) in [6, 6.07) is 1.58. The Morgan fingerprint density at radius 3 is 2.26 bits per heavy atom. The van der Waals surface area contributed by atoms with Crippen LogP contribution in [0.3, 0.4) is 0 Å². The van der Waals surface area contributed by atoms with Crippen molar-refractivity contribution in [2.75, 3.05) is 0 Å². The summed E-state index contributed by atoms with van der Waals surface area (Å²) in [6.45, 7) is 8.32. The average Bonchev–Trinajstić information content (AvgIpc) is 2.27. The van der Waals surface area contributed by atoms with Gasteiger partial charge in [-0.15, -0.1) is 0 Å². The van der Waals surface area contributed by atoms with Crippen LogP contribution in [-0.4, -0.2) is 16.2 Å². The van der Waals surface area contributed by atoms with Gasteiger partial charge >= 0.3 is 5.97 Å². The SMILES string of the molecule is CC1(C)CCC(C)(C)c2c1cc(C(=O)O)c(O)c2Cl. The molecule has 0 aromatic heterocycles. The van der Waals surface area contributed by atoms with E-state index in [9.17, 15) is 15.0 Å². The fraction of sp³-hybridized carbons (Fsp3) is 0.533. The van der Waals surface area contributed by atoms with E-state index in [1.807, 2.05) is 0 Å². The molecule has 1 aliphatic rings. The lowest BCUT2D eigenvalue weighted by Crippen LogP contribution is -2.34. The van der Waals surface area contributed by atoms with Crippen molar-refractivity contribution in [1.29, 1.82) is 0 Å². The van der Waals surface area contributed by atoms with Gasteiger partial charge < -0.3 is 10.2 Å². The zero-order valence-electron chi connectivity index (χ0n) is 11.7. The number of aromatic carboxylic acids is 1. The van der Waals surface area contributed by atoms with E-state index in [2.05, 4.69) is 27.7 Å². The van der Waals surface area contributed by atoms with Gasteiger partial charge in [-0.3, -0.25) is 0 Å². The van der Waals surface area contributed by atoms with E-state index in [-0.39, 0.29) is 27.2 Å². The van der Waals surface area contributed by atoms with Gasteiger partial charge in [0.2, 0.25) is 0 Å². The Morgan fingerprint density at radius 1 is 1.21 bits per heavy atom. The van der Waals surface area contributed by atoms with Crippen molar-refractivity contribution in [1.82, 2.24) is 0 Å². The van der Waals surface area contributed by atoms with Crippen LogP contribution < -0.4 is 0 Å². The highest BCUT2D eigenvalue weighted by molar-refractivity contribution is 6.33. The Kier molecular flexibility index (Phi) is 3.09. The van der Waals surface area contributed by atoms with E-state index in [4.69, 9.17) is 11.6 Å². The Balaban J connectivity index is 2.85. The minimum absolute atomic E-state index is 0.116. The van der Waals surface area contributed by atoms with Gasteiger partial charge in [0, 0.05) is 0 Å². The number of hydrogen-bond acceptors (Lipinski definition) is 2. The van der Waals surface area contributed by atoms with E-state index in [0.29, 0.717) is 0 Å². The van der Waals surface area contributed by atoms with Gasteiger partial charge in [0.1, 0.15) is 11.3 Å². The van der Waals surface area contributed by atoms with Gasteiger partial charge in [0.25, 0.3) is 0 Å². The van der Waals surface area contributed by atoms with Gasteiger partial charge in [-0.05, 0) is 40.9 Å². The third-order valence-electron chi connectivity index (χ3n) is 4.25. The second kappa shape index (κ2) is 4.14. The lowest BCUT2D eigenvalue weighted by molar-refractivity contribution is 0.0693. The predicted molar refractivity (Wildman–Crippen MR) is 75.4 cm³/mol. The monoisotopic (exact) mass is 282 g/mol. The number of halogens is 1. The summed E-state index contributed by atoms with van der Waals surface area (Å²) >= 11 is 6.26. The number of hydrogen-bond donors (Lipinski definition) is 2. The molecule has 1 aromatic carbocycles. The van der Waals surface area contributed by atoms with Gasteiger partial charge in [-0.25, -0.2) is 4.79 Å². The molecule has 3 nitrogen and oxygen atoms in total. The van der Waals surface area contributed by atoms with E-state index in [0.717, 1.165) is 24.0 Å². The molecule has 0 aliphatic heterocycles. The van der Waals surface area contributed by atoms with Crippen molar-refractivity contribution in [3.8, 4) is 5.75 Å². The van der Waals surface area contributed by atoms with Crippen LogP contribution in [0.15, 0.2) is 6.07 Å². The summed E-state index contributed by atoms with van der Waals surface area (Å²) in [5, 5.41) is 19.4. The standard InChI is InChI=1S/C15H19ClO3/c1-14(2)5-6-15(3,4)10-9(14)7-8(13(18)19)12(17)11(10)16/h7,17H,5-6H2,1-4H3,(H,18,19). The molecule has 0 fully saturated rings. The molecule has 0 saturated carbocycles. The third-order valence-corrected chi connectivity index (χ3v) is 4.62. The molecule has 0 saturated heterocycles. The van der Waals surface area contributed by atoms with Crippen molar-refractivity contribution in [3.63, 3.8) is 0 Å². The quantitative estimate of drug-likeness (QED) is 0.815. The molecular weight excluding hydrogens is 264 g/mol. The molecule has 1 aromatic rings. The highest BCUT2D eigenvalue weighted by Crippen LogP contribution is 2.51. The predicted octanol–water partition coefficient (Wildman–Crippen LogP) is 4.09. The van der Waals surface area contributed by atoms with Crippen LogP contribution >= 0.6 is 11.6 Å². The molecule has 2 rings (SSSR count). The topological polar surface area (TPSA) is 57.5 Å². The van der Waals surface area contributed by atoms with Crippen LogP contribution in [0, 0.1) is 0 Å². The number of carbonyl (C=O) groups is 1. The zero-order valence-corrected chi connectivity index (χ0v) is 12.4. The Hall–Kier alpha value is -1.22. The van der Waals surface area contributed by atoms with Crippen LogP contribution in [0.2, 0.25) is 5.02 Å². The summed E-state index contributed by atoms with van der Waals surface area (Å²) in [6.07, 6.45) is 1.92. The molecule has 19 heavy (non-hydrogen) atoms. The first-order chi connectivity index (χ1) is 8.58. The van der Waals surface area contributed by atoms with Gasteiger partial charge in [-0.2, -0.15) is 0 Å². The molecule has 0 spiro atoms. The van der Waals surface area contributed by atoms with Crippen molar-refractivity contribution in [3.05, 3.63) is 27.8 Å². The summed E-state index contributed by atoms with van der Waals surface area (Å²) in [4.78, 5) is 11.2. The van der Waals surface area contributed by atoms with E-state index in [1.54, 1.807) is 6.07 Å². The molecule has 0 unspecified atom stereocenters. The van der Waals surface area contributed by atoms with Crippen molar-refractivity contribution < 1.29 is 15.0 Å². The first-order valence-electron chi connectivity index (χ1n) is 6.37. The van der Waals surface area contributed by atoms with Crippen LogP contribution in [0.5, 0.6) is 5.75 Å². The molecule has 0 atom stereocenters. The van der Waals surface area contributed by atoms with Crippen LogP contribution in [0.4, 0.5) is 0 Å². The highest BCUT2D eigenvalue weighted by Gasteiger charge is 2.40. The number of fused-ring (bicyclic) bond motifs is 1. The second-order valence-corrected chi connectivity index (χ2v) is 6.96. The van der Waals surface area contributed by atoms with Crippen LogP contribution in [0.1, 0.15) is 62.0 Å². The largest absolute Gasteiger partial charge is 0.505 e. The molecule has 0 heterocycles. The first-order valence-corrected chi connectivity index (χ1v) is 6.75. The summed E-state index contributed by atoms with van der Waals surface area (Å²) in [5.41, 5.74) is 1.41. The van der Waals surface area contributed by atoms with E-state index >= 15 is 0 Å². The fourth-order valence-electron chi connectivity index (χ4n) is 2.88.